The first-order chi connectivity index (χ1) is 19.0. The highest BCUT2D eigenvalue weighted by molar-refractivity contribution is 5.85. The van der Waals surface area contributed by atoms with Crippen LogP contribution in [-0.4, -0.2) is 53.4 Å². The molecule has 0 atom stereocenters. The molecule has 0 saturated heterocycles. The van der Waals surface area contributed by atoms with E-state index < -0.39 is 11.9 Å². The normalized spacial score (nSPS) is 14.7. The summed E-state index contributed by atoms with van der Waals surface area (Å²) in [5.41, 5.74) is 3.11. The highest BCUT2D eigenvalue weighted by Gasteiger charge is 2.44. The fourth-order valence-corrected chi connectivity index (χ4v) is 5.41. The fraction of sp³-hybridized carbons (Fsp3) is 0.379. The molecule has 1 fully saturated rings. The van der Waals surface area contributed by atoms with Crippen molar-refractivity contribution in [3.05, 3.63) is 60.2 Å². The molecule has 2 N–H and O–H groups in total. The van der Waals surface area contributed by atoms with Gasteiger partial charge in [0, 0.05) is 42.3 Å². The number of nitrogens with one attached hydrogen (secondary N) is 1. The van der Waals surface area contributed by atoms with Crippen molar-refractivity contribution in [2.45, 2.75) is 70.6 Å². The Hall–Kier alpha value is -4.34. The average Bonchev–Trinajstić information content (AvgIpc) is 3.49. The zero-order chi connectivity index (χ0) is 27.2. The van der Waals surface area contributed by atoms with Gasteiger partial charge in [0.15, 0.2) is 11.5 Å². The Morgan fingerprint density at radius 2 is 1.85 bits per heavy atom. The Balaban J connectivity index is 1.46. The molecule has 0 aliphatic heterocycles. The van der Waals surface area contributed by atoms with Crippen LogP contribution in [0.25, 0.3) is 33.5 Å². The minimum Gasteiger partial charge on any atom is -0.450 e. The molecule has 2 heterocycles. The highest BCUT2D eigenvalue weighted by atomic mass is 16.7. The Morgan fingerprint density at radius 1 is 1.05 bits per heavy atom. The summed E-state index contributed by atoms with van der Waals surface area (Å²) >= 11 is 0. The molecule has 10 nitrogen and oxygen atoms in total. The van der Waals surface area contributed by atoms with Crippen molar-refractivity contribution in [3.8, 4) is 22.6 Å². The molecule has 1 aliphatic carbocycles. The van der Waals surface area contributed by atoms with Crippen LogP contribution < -0.4 is 0 Å². The van der Waals surface area contributed by atoms with Crippen LogP contribution in [0.5, 0.6) is 0 Å². The van der Waals surface area contributed by atoms with Gasteiger partial charge < -0.3 is 9.84 Å². The van der Waals surface area contributed by atoms with Gasteiger partial charge in [-0.05, 0) is 53.5 Å². The number of rotatable bonds is 9. The molecule has 5 rings (SSSR count). The van der Waals surface area contributed by atoms with E-state index in [9.17, 15) is 14.7 Å². The van der Waals surface area contributed by atoms with Crippen LogP contribution in [0, 0.1) is 0 Å². The molecule has 0 bridgehead atoms. The lowest BCUT2D eigenvalue weighted by atomic mass is 9.89. The molecule has 1 aliphatic rings. The fourth-order valence-electron chi connectivity index (χ4n) is 5.41. The molecule has 39 heavy (non-hydrogen) atoms. The number of nitrogens with zero attached hydrogens (tertiary/aromatic N) is 5. The summed E-state index contributed by atoms with van der Waals surface area (Å²) in [6.45, 7) is 2.31. The first-order valence-electron chi connectivity index (χ1n) is 13.4. The lowest BCUT2D eigenvalue weighted by Crippen LogP contribution is -2.55. The van der Waals surface area contributed by atoms with E-state index in [1.54, 1.807) is 4.90 Å². The van der Waals surface area contributed by atoms with Crippen LogP contribution in [0.15, 0.2) is 54.6 Å². The standard InChI is InChI=1S/C29H32N6O4/c1-2-3-11-26(36)35(29(39-28(37)38)16-7-4-8-17-29)19-20-12-14-24-21(18-20)13-15-25(30-24)22-9-5-6-10-23(22)27-31-33-34-32-27/h5-6,9-10,12-15,18H,2-4,7-8,11,16-17,19H2,1H3,(H,37,38)(H,31,32,33,34). The zero-order valence-corrected chi connectivity index (χ0v) is 22.0. The van der Waals surface area contributed by atoms with E-state index in [4.69, 9.17) is 9.72 Å². The molecule has 1 amide bonds. The minimum atomic E-state index is -1.35. The summed E-state index contributed by atoms with van der Waals surface area (Å²) in [5.74, 6) is 0.489. The summed E-state index contributed by atoms with van der Waals surface area (Å²) in [4.78, 5) is 31.7. The monoisotopic (exact) mass is 528 g/mol. The highest BCUT2D eigenvalue weighted by Crippen LogP contribution is 2.37. The number of carbonyl (C=O) groups is 2. The second-order valence-corrected chi connectivity index (χ2v) is 9.98. The topological polar surface area (TPSA) is 134 Å². The first kappa shape index (κ1) is 26.3. The summed E-state index contributed by atoms with van der Waals surface area (Å²) < 4.78 is 5.50. The van der Waals surface area contributed by atoms with Gasteiger partial charge in [0.05, 0.1) is 11.2 Å². The Kier molecular flexibility index (Phi) is 7.81. The SMILES string of the molecule is CCCCC(=O)N(Cc1ccc2nc(-c3ccccc3-c3nnn[nH]3)ccc2c1)C1(OC(=O)O)CCCCC1. The van der Waals surface area contributed by atoms with Crippen molar-refractivity contribution in [1.82, 2.24) is 30.5 Å². The Bertz CT molecular complexity index is 1450. The molecule has 202 valence electrons. The molecule has 2 aromatic carbocycles. The number of aromatic nitrogens is 5. The molecular weight excluding hydrogens is 496 g/mol. The van der Waals surface area contributed by atoms with E-state index >= 15 is 0 Å². The first-order valence-corrected chi connectivity index (χ1v) is 13.4. The van der Waals surface area contributed by atoms with Gasteiger partial charge in [0.25, 0.3) is 0 Å². The maximum atomic E-state index is 13.4. The van der Waals surface area contributed by atoms with Gasteiger partial charge >= 0.3 is 6.16 Å². The van der Waals surface area contributed by atoms with E-state index in [0.717, 1.165) is 65.4 Å². The number of pyridine rings is 1. The summed E-state index contributed by atoms with van der Waals surface area (Å²) in [6, 6.07) is 17.6. The largest absolute Gasteiger partial charge is 0.507 e. The van der Waals surface area contributed by atoms with Gasteiger partial charge in [-0.3, -0.25) is 9.69 Å². The zero-order valence-electron chi connectivity index (χ0n) is 22.0. The summed E-state index contributed by atoms with van der Waals surface area (Å²) in [6.07, 6.45) is 4.30. The maximum absolute atomic E-state index is 13.4. The molecular formula is C29H32N6O4. The van der Waals surface area contributed by atoms with Gasteiger partial charge in [-0.2, -0.15) is 0 Å². The Morgan fingerprint density at radius 3 is 2.56 bits per heavy atom. The lowest BCUT2D eigenvalue weighted by molar-refractivity contribution is -0.175. The molecule has 0 unspecified atom stereocenters. The number of unbranched alkanes of at least 4 members (excludes halogenated alkanes) is 1. The van der Waals surface area contributed by atoms with E-state index in [0.29, 0.717) is 25.1 Å². The second-order valence-electron chi connectivity index (χ2n) is 9.98. The summed E-state index contributed by atoms with van der Waals surface area (Å²) in [5, 5.41) is 24.7. The van der Waals surface area contributed by atoms with Gasteiger partial charge in [-0.15, -0.1) is 5.10 Å². The molecule has 0 spiro atoms. The number of fused-ring (bicyclic) bond motifs is 1. The number of amides is 1. The molecule has 1 saturated carbocycles. The maximum Gasteiger partial charge on any atom is 0.507 e. The number of hydrogen-bond donors (Lipinski definition) is 2. The van der Waals surface area contributed by atoms with E-state index in [2.05, 4.69) is 20.6 Å². The third-order valence-electron chi connectivity index (χ3n) is 7.35. The van der Waals surface area contributed by atoms with Crippen LogP contribution >= 0.6 is 0 Å². The predicted octanol–water partition coefficient (Wildman–Crippen LogP) is 5.96. The van der Waals surface area contributed by atoms with Crippen LogP contribution in [0.4, 0.5) is 4.79 Å². The Labute approximate surface area is 226 Å². The van der Waals surface area contributed by atoms with Crippen LogP contribution in [-0.2, 0) is 16.1 Å². The molecule has 0 radical (unpaired) electrons. The van der Waals surface area contributed by atoms with E-state index in [-0.39, 0.29) is 12.5 Å². The van der Waals surface area contributed by atoms with Crippen LogP contribution in [0.2, 0.25) is 0 Å². The van der Waals surface area contributed by atoms with Crippen molar-refractivity contribution in [2.75, 3.05) is 0 Å². The predicted molar refractivity (Wildman–Crippen MR) is 145 cm³/mol. The number of ether oxygens (including phenoxy) is 1. The minimum absolute atomic E-state index is 0.0768. The number of H-pyrrole nitrogens is 1. The number of tetrazole rings is 1. The molecule has 10 heteroatoms. The number of benzene rings is 2. The van der Waals surface area contributed by atoms with Gasteiger partial charge in [-0.1, -0.05) is 56.2 Å². The number of carboxylic acid groups (broad SMARTS) is 1. The van der Waals surface area contributed by atoms with Crippen LogP contribution in [0.1, 0.15) is 63.9 Å². The summed E-state index contributed by atoms with van der Waals surface area (Å²) in [7, 11) is 0. The van der Waals surface area contributed by atoms with Crippen molar-refractivity contribution in [1.29, 1.82) is 0 Å². The van der Waals surface area contributed by atoms with Crippen molar-refractivity contribution < 1.29 is 19.4 Å². The van der Waals surface area contributed by atoms with Crippen molar-refractivity contribution in [2.24, 2.45) is 0 Å². The number of aromatic amines is 1. The molecule has 2 aromatic heterocycles. The smallest absolute Gasteiger partial charge is 0.450 e. The van der Waals surface area contributed by atoms with Crippen molar-refractivity contribution in [3.63, 3.8) is 0 Å². The molecule has 4 aromatic rings. The van der Waals surface area contributed by atoms with E-state index in [1.165, 1.54) is 0 Å². The lowest BCUT2D eigenvalue weighted by Gasteiger charge is -2.44. The average molecular weight is 529 g/mol. The second kappa shape index (κ2) is 11.6. The third-order valence-corrected chi connectivity index (χ3v) is 7.35. The number of carbonyl (C=O) groups excluding carboxylic acids is 1. The van der Waals surface area contributed by atoms with Gasteiger partial charge in [0.2, 0.25) is 5.91 Å². The number of hydrogen-bond acceptors (Lipinski definition) is 7. The van der Waals surface area contributed by atoms with Crippen LogP contribution in [0.3, 0.4) is 0 Å². The van der Waals surface area contributed by atoms with Crippen molar-refractivity contribution >= 4 is 23.0 Å². The quantitative estimate of drug-likeness (QED) is 0.201. The third kappa shape index (κ3) is 5.74. The van der Waals surface area contributed by atoms with Gasteiger partial charge in [0.1, 0.15) is 0 Å². The van der Waals surface area contributed by atoms with Gasteiger partial charge in [-0.25, -0.2) is 14.9 Å². The van der Waals surface area contributed by atoms with E-state index in [1.807, 2.05) is 61.5 Å².